The van der Waals surface area contributed by atoms with Gasteiger partial charge in [-0.25, -0.2) is 0 Å². The SMILES string of the molecule is Oc1ccc(OCc2ccoc2)cc1. The lowest BCUT2D eigenvalue weighted by molar-refractivity contribution is 0.304. The monoisotopic (exact) mass is 190 g/mol. The Labute approximate surface area is 81.6 Å². The molecule has 0 unspecified atom stereocenters. The van der Waals surface area contributed by atoms with E-state index in [-0.39, 0.29) is 5.75 Å². The second-order valence-corrected chi connectivity index (χ2v) is 2.91. The molecule has 14 heavy (non-hydrogen) atoms. The van der Waals surface area contributed by atoms with E-state index >= 15 is 0 Å². The summed E-state index contributed by atoms with van der Waals surface area (Å²) in [5.74, 6) is 0.963. The first-order chi connectivity index (χ1) is 6.84. The zero-order valence-corrected chi connectivity index (χ0v) is 7.51. The molecule has 0 aliphatic rings. The smallest absolute Gasteiger partial charge is 0.120 e. The molecule has 2 aromatic rings. The summed E-state index contributed by atoms with van der Waals surface area (Å²) in [6.45, 7) is 0.473. The van der Waals surface area contributed by atoms with Crippen LogP contribution >= 0.6 is 0 Å². The highest BCUT2D eigenvalue weighted by Crippen LogP contribution is 2.17. The fourth-order valence-corrected chi connectivity index (χ4v) is 1.08. The van der Waals surface area contributed by atoms with Gasteiger partial charge in [-0.1, -0.05) is 0 Å². The van der Waals surface area contributed by atoms with Crippen molar-refractivity contribution in [1.82, 2.24) is 0 Å². The quantitative estimate of drug-likeness (QED) is 0.808. The van der Waals surface area contributed by atoms with Gasteiger partial charge >= 0.3 is 0 Å². The van der Waals surface area contributed by atoms with Gasteiger partial charge in [0.15, 0.2) is 0 Å². The topological polar surface area (TPSA) is 42.6 Å². The molecule has 3 heteroatoms. The third kappa shape index (κ3) is 2.07. The second-order valence-electron chi connectivity index (χ2n) is 2.91. The van der Waals surface area contributed by atoms with E-state index in [1.165, 1.54) is 0 Å². The highest BCUT2D eigenvalue weighted by atomic mass is 16.5. The average molecular weight is 190 g/mol. The number of benzene rings is 1. The lowest BCUT2D eigenvalue weighted by Gasteiger charge is -2.03. The summed E-state index contributed by atoms with van der Waals surface area (Å²) >= 11 is 0. The van der Waals surface area contributed by atoms with Crippen LogP contribution in [0.5, 0.6) is 11.5 Å². The highest BCUT2D eigenvalue weighted by Gasteiger charge is 1.96. The molecule has 1 N–H and O–H groups in total. The largest absolute Gasteiger partial charge is 0.508 e. The molecule has 3 nitrogen and oxygen atoms in total. The van der Waals surface area contributed by atoms with Crippen LogP contribution in [0.2, 0.25) is 0 Å². The summed E-state index contributed by atoms with van der Waals surface area (Å²) in [5.41, 5.74) is 0.984. The summed E-state index contributed by atoms with van der Waals surface area (Å²) < 4.78 is 10.3. The molecule has 1 aromatic carbocycles. The molecule has 0 aliphatic carbocycles. The van der Waals surface area contributed by atoms with Crippen molar-refractivity contribution in [2.45, 2.75) is 6.61 Å². The maximum absolute atomic E-state index is 9.04. The predicted molar refractivity (Wildman–Crippen MR) is 51.1 cm³/mol. The van der Waals surface area contributed by atoms with Crippen LogP contribution in [0.25, 0.3) is 0 Å². The van der Waals surface area contributed by atoms with Gasteiger partial charge in [-0.2, -0.15) is 0 Å². The molecule has 0 saturated carbocycles. The minimum atomic E-state index is 0.237. The lowest BCUT2D eigenvalue weighted by Crippen LogP contribution is -1.92. The zero-order valence-electron chi connectivity index (χ0n) is 7.51. The van der Waals surface area contributed by atoms with Gasteiger partial charge in [0.25, 0.3) is 0 Å². The zero-order chi connectivity index (χ0) is 9.80. The summed E-state index contributed by atoms with van der Waals surface area (Å²) in [6, 6.07) is 8.46. The number of ether oxygens (including phenoxy) is 1. The first-order valence-corrected chi connectivity index (χ1v) is 4.27. The van der Waals surface area contributed by atoms with E-state index in [9.17, 15) is 0 Å². The molecule has 1 aromatic heterocycles. The van der Waals surface area contributed by atoms with Crippen molar-refractivity contribution in [3.05, 3.63) is 48.4 Å². The number of furan rings is 1. The van der Waals surface area contributed by atoms with Gasteiger partial charge in [-0.15, -0.1) is 0 Å². The fourth-order valence-electron chi connectivity index (χ4n) is 1.08. The van der Waals surface area contributed by atoms with Crippen LogP contribution in [0.4, 0.5) is 0 Å². The van der Waals surface area contributed by atoms with Gasteiger partial charge < -0.3 is 14.3 Å². The van der Waals surface area contributed by atoms with Crippen molar-refractivity contribution in [1.29, 1.82) is 0 Å². The Bertz CT molecular complexity index is 375. The number of hydrogen-bond acceptors (Lipinski definition) is 3. The summed E-state index contributed by atoms with van der Waals surface area (Å²) in [7, 11) is 0. The van der Waals surface area contributed by atoms with E-state index in [0.717, 1.165) is 11.3 Å². The first-order valence-electron chi connectivity index (χ1n) is 4.27. The molecule has 0 atom stereocenters. The van der Waals surface area contributed by atoms with Crippen LogP contribution in [0.15, 0.2) is 47.3 Å². The molecular weight excluding hydrogens is 180 g/mol. The number of phenols is 1. The lowest BCUT2D eigenvalue weighted by atomic mass is 10.3. The molecule has 0 bridgehead atoms. The van der Waals surface area contributed by atoms with Crippen LogP contribution in [0.3, 0.4) is 0 Å². The molecule has 0 fully saturated rings. The van der Waals surface area contributed by atoms with E-state index in [4.69, 9.17) is 14.3 Å². The van der Waals surface area contributed by atoms with E-state index in [0.29, 0.717) is 6.61 Å². The van der Waals surface area contributed by atoms with Gasteiger partial charge in [-0.05, 0) is 30.3 Å². The van der Waals surface area contributed by atoms with Crippen molar-refractivity contribution < 1.29 is 14.3 Å². The Balaban J connectivity index is 1.95. The molecular formula is C11H10O3. The van der Waals surface area contributed by atoms with Gasteiger partial charge in [0, 0.05) is 5.56 Å². The van der Waals surface area contributed by atoms with Gasteiger partial charge in [0.05, 0.1) is 12.5 Å². The normalized spacial score (nSPS) is 10.0. The van der Waals surface area contributed by atoms with E-state index in [1.54, 1.807) is 36.8 Å². The first kappa shape index (κ1) is 8.69. The molecule has 0 radical (unpaired) electrons. The molecule has 0 saturated heterocycles. The van der Waals surface area contributed by atoms with E-state index in [1.807, 2.05) is 6.07 Å². The van der Waals surface area contributed by atoms with Crippen molar-refractivity contribution in [3.8, 4) is 11.5 Å². The molecule has 0 amide bonds. The minimum absolute atomic E-state index is 0.237. The average Bonchev–Trinajstić information content (AvgIpc) is 2.70. The molecule has 72 valence electrons. The Kier molecular flexibility index (Phi) is 2.40. The van der Waals surface area contributed by atoms with Crippen molar-refractivity contribution in [2.75, 3.05) is 0 Å². The van der Waals surface area contributed by atoms with Crippen molar-refractivity contribution >= 4 is 0 Å². The fraction of sp³-hybridized carbons (Fsp3) is 0.0909. The number of rotatable bonds is 3. The van der Waals surface area contributed by atoms with E-state index in [2.05, 4.69) is 0 Å². The third-order valence-electron chi connectivity index (χ3n) is 1.82. The van der Waals surface area contributed by atoms with Crippen molar-refractivity contribution in [3.63, 3.8) is 0 Å². The third-order valence-corrected chi connectivity index (χ3v) is 1.82. The van der Waals surface area contributed by atoms with Crippen LogP contribution < -0.4 is 4.74 Å². The van der Waals surface area contributed by atoms with Gasteiger partial charge in [0.2, 0.25) is 0 Å². The van der Waals surface area contributed by atoms with Crippen LogP contribution in [0.1, 0.15) is 5.56 Å². The Morgan fingerprint density at radius 1 is 1.14 bits per heavy atom. The number of aromatic hydroxyl groups is 1. The molecule has 2 rings (SSSR count). The summed E-state index contributed by atoms with van der Waals surface area (Å²) in [5, 5.41) is 9.04. The second kappa shape index (κ2) is 3.87. The van der Waals surface area contributed by atoms with Gasteiger partial charge in [0.1, 0.15) is 18.1 Å². The molecule has 1 heterocycles. The molecule has 0 spiro atoms. The van der Waals surface area contributed by atoms with Crippen molar-refractivity contribution in [2.24, 2.45) is 0 Å². The van der Waals surface area contributed by atoms with Crippen LogP contribution in [-0.2, 0) is 6.61 Å². The Hall–Kier alpha value is -1.90. The Morgan fingerprint density at radius 3 is 2.57 bits per heavy atom. The highest BCUT2D eigenvalue weighted by molar-refractivity contribution is 5.30. The minimum Gasteiger partial charge on any atom is -0.508 e. The van der Waals surface area contributed by atoms with Crippen LogP contribution in [0, 0.1) is 0 Å². The number of hydrogen-bond donors (Lipinski definition) is 1. The maximum Gasteiger partial charge on any atom is 0.120 e. The summed E-state index contributed by atoms with van der Waals surface area (Å²) in [4.78, 5) is 0. The predicted octanol–water partition coefficient (Wildman–Crippen LogP) is 2.56. The van der Waals surface area contributed by atoms with Gasteiger partial charge in [-0.3, -0.25) is 0 Å². The summed E-state index contributed by atoms with van der Waals surface area (Å²) in [6.07, 6.45) is 3.25. The number of phenolic OH excluding ortho intramolecular Hbond substituents is 1. The Morgan fingerprint density at radius 2 is 1.93 bits per heavy atom. The van der Waals surface area contributed by atoms with E-state index < -0.39 is 0 Å². The standard InChI is InChI=1S/C11H10O3/c12-10-1-3-11(4-2-10)14-8-9-5-6-13-7-9/h1-7,12H,8H2. The van der Waals surface area contributed by atoms with Crippen LogP contribution in [-0.4, -0.2) is 5.11 Å². The maximum atomic E-state index is 9.04. The molecule has 0 aliphatic heterocycles.